The number of carbonyl (C=O) groups is 8. The molecule has 0 amide bonds. The second-order valence-corrected chi connectivity index (χ2v) is 36.2. The maximum atomic E-state index is 14.8. The van der Waals surface area contributed by atoms with Crippen LogP contribution in [0.2, 0.25) is 0 Å². The van der Waals surface area contributed by atoms with Gasteiger partial charge in [0.05, 0.1) is 70.5 Å². The van der Waals surface area contributed by atoms with Crippen LogP contribution in [0.1, 0.15) is 216 Å². The molecule has 30 atom stereocenters. The molecular weight excluding hydrogens is 1540 g/mol. The van der Waals surface area contributed by atoms with Crippen LogP contribution in [0.5, 0.6) is 0 Å². The second kappa shape index (κ2) is 38.9. The smallest absolute Gasteiger partial charge is 0.338 e. The van der Waals surface area contributed by atoms with Gasteiger partial charge in [0.2, 0.25) is 0 Å². The number of ketones is 2. The zero-order valence-electron chi connectivity index (χ0n) is 71.7. The van der Waals surface area contributed by atoms with E-state index in [1.54, 1.807) is 176 Å². The van der Waals surface area contributed by atoms with Crippen molar-refractivity contribution in [2.75, 3.05) is 13.2 Å². The number of rotatable bonds is 28. The van der Waals surface area contributed by atoms with Crippen LogP contribution in [0.15, 0.2) is 182 Å². The summed E-state index contributed by atoms with van der Waals surface area (Å²) in [6, 6.07) is 51.3. The summed E-state index contributed by atoms with van der Waals surface area (Å²) < 4.78 is 94.7. The number of hydrogen-bond acceptors (Lipinski definition) is 22. The standard InChI is InChI=1S/C99H120O22/c1-13-78-57(3)58(4)84(117-91(105)68-38-26-17-27-39-68)94(113-78)109-54-56(2)44-47-76(100)61(7)80-77(101)53-75-73-46-45-71-52-72(48-50-98(71,11)74(73)49-51-99(75,80)12)112-95-85(121-97-87(119-93(107)70-42-30-19-31-43-70)83(60(6)64(10)111-97)116-90(104)67-36-24-16-25-37-67)62(8)81(79(114-95)55-108-88(102)65-32-20-14-21-33-65)120-96-86(118-92(106)69-40-28-18-29-41-69)82(59(5)63(9)110-96)115-89(103)66-34-22-15-23-35-66/h14-43,56-64,71-75,78-87,94-97H,13,44-55H2,1-12H3/t56-,57+,58-,59-,60-,61+,62-,63?,64?,71?,72?,73?,74?,75?,78?,79?,80?,81-,82-,83-,84?,85?,86?,87?,94+,95+,96-,97-,98?,99?/m0/s1. The number of carbonyl (C=O) groups excluding carboxylic acids is 8. The van der Waals surface area contributed by atoms with Gasteiger partial charge >= 0.3 is 35.8 Å². The lowest BCUT2D eigenvalue weighted by atomic mass is 9.44. The average molecular weight is 1660 g/mol. The first-order chi connectivity index (χ1) is 58.2. The van der Waals surface area contributed by atoms with E-state index < -0.39 is 164 Å². The number of ether oxygens (including phenoxy) is 14. The monoisotopic (exact) mass is 1660 g/mol. The molecule has 121 heavy (non-hydrogen) atoms. The summed E-state index contributed by atoms with van der Waals surface area (Å²) >= 11 is 0. The van der Waals surface area contributed by atoms with Crippen LogP contribution >= 0.6 is 0 Å². The molecule has 0 spiro atoms. The lowest BCUT2D eigenvalue weighted by Crippen LogP contribution is -2.64. The highest BCUT2D eigenvalue weighted by Crippen LogP contribution is 2.68. The van der Waals surface area contributed by atoms with Crippen LogP contribution < -0.4 is 0 Å². The van der Waals surface area contributed by atoms with Crippen LogP contribution in [-0.2, 0) is 75.9 Å². The van der Waals surface area contributed by atoms with Gasteiger partial charge in [0.25, 0.3) is 0 Å². The summed E-state index contributed by atoms with van der Waals surface area (Å²) in [5.74, 6) is -5.71. The summed E-state index contributed by atoms with van der Waals surface area (Å²) in [4.78, 5) is 115. The van der Waals surface area contributed by atoms with Gasteiger partial charge in [0.15, 0.2) is 43.5 Å². The lowest BCUT2D eigenvalue weighted by molar-refractivity contribution is -0.378. The highest BCUT2D eigenvalue weighted by Gasteiger charge is 2.65. The van der Waals surface area contributed by atoms with Crippen LogP contribution in [-0.4, -0.2) is 159 Å². The molecular formula is C99H120O22. The quantitative estimate of drug-likeness (QED) is 0.0251. The van der Waals surface area contributed by atoms with Crippen LogP contribution in [0, 0.1) is 81.8 Å². The third-order valence-corrected chi connectivity index (χ3v) is 28.8. The van der Waals surface area contributed by atoms with Gasteiger partial charge in [-0.2, -0.15) is 0 Å². The summed E-state index contributed by atoms with van der Waals surface area (Å²) in [5, 5.41) is 0. The Hall–Kier alpha value is -8.84. The van der Waals surface area contributed by atoms with Crippen LogP contribution in [0.4, 0.5) is 0 Å². The van der Waals surface area contributed by atoms with E-state index >= 15 is 0 Å². The highest BCUT2D eigenvalue weighted by atomic mass is 16.8. The maximum Gasteiger partial charge on any atom is 0.338 e. The SMILES string of the molecule is CCC1O[C@@H](OC[C@@H](C)CCC(=O)[C@@H](C)C2C(=O)CC3C4CCC5CC(O[C@@H]6OC(COC(=O)c7ccccc7)[C@@H](O[C@@H]7OC(C)[C@H](C)[C@H](OC(=O)c8ccccc8)C7OC(=O)c7ccccc7)[C@H](C)C6O[C@@H]6OC(C)[C@H](C)[C@H](OC(=O)c7ccccc7)C6OC(=O)c6ccccc6)CCC5(C)C4CCC32C)C(OC(=O)c2ccccc2)[C@@H](C)[C@H]1C. The van der Waals surface area contributed by atoms with Crippen molar-refractivity contribution < 1.29 is 105 Å². The van der Waals surface area contributed by atoms with E-state index in [0.29, 0.717) is 44.3 Å². The van der Waals surface area contributed by atoms with Gasteiger partial charge < -0.3 is 66.3 Å². The van der Waals surface area contributed by atoms with E-state index in [1.807, 2.05) is 47.6 Å². The molecule has 8 fully saturated rings. The predicted octanol–water partition coefficient (Wildman–Crippen LogP) is 17.1. The van der Waals surface area contributed by atoms with Crippen molar-refractivity contribution in [3.8, 4) is 0 Å². The first-order valence-electron chi connectivity index (χ1n) is 44.0. The summed E-state index contributed by atoms with van der Waals surface area (Å²) in [6.45, 7) is 24.1. The highest BCUT2D eigenvalue weighted by molar-refractivity contribution is 5.94. The summed E-state index contributed by atoms with van der Waals surface area (Å²) in [5.41, 5.74) is 1.16. The minimum Gasteiger partial charge on any atom is -0.459 e. The van der Waals surface area contributed by atoms with Crippen molar-refractivity contribution >= 4 is 47.4 Å². The lowest BCUT2D eigenvalue weighted by Gasteiger charge is -2.61. The van der Waals surface area contributed by atoms with E-state index in [-0.39, 0.29) is 97.7 Å². The molecule has 22 nitrogen and oxygen atoms in total. The number of hydrogen-bond donors (Lipinski definition) is 0. The van der Waals surface area contributed by atoms with Gasteiger partial charge in [-0.3, -0.25) is 9.59 Å². The third kappa shape index (κ3) is 19.4. The van der Waals surface area contributed by atoms with Crippen molar-refractivity contribution in [1.82, 2.24) is 0 Å². The van der Waals surface area contributed by atoms with Gasteiger partial charge in [-0.05, 0) is 191 Å². The Morgan fingerprint density at radius 3 is 1.31 bits per heavy atom. The minimum atomic E-state index is -1.50. The topological polar surface area (TPSA) is 266 Å². The fourth-order valence-electron chi connectivity index (χ4n) is 21.2. The van der Waals surface area contributed by atoms with Crippen molar-refractivity contribution in [2.45, 2.75) is 252 Å². The molecule has 648 valence electrons. The molecule has 6 aromatic carbocycles. The molecule has 4 aliphatic carbocycles. The number of esters is 6. The molecule has 8 aliphatic rings. The molecule has 14 rings (SSSR count). The van der Waals surface area contributed by atoms with Crippen molar-refractivity contribution in [2.24, 2.45) is 81.8 Å². The minimum absolute atomic E-state index is 0.0306. The fourth-order valence-corrected chi connectivity index (χ4v) is 21.2. The predicted molar refractivity (Wildman–Crippen MR) is 446 cm³/mol. The Balaban J connectivity index is 0.727. The first-order valence-corrected chi connectivity index (χ1v) is 44.0. The Bertz CT molecular complexity index is 4500. The van der Waals surface area contributed by atoms with Gasteiger partial charge in [-0.1, -0.05) is 178 Å². The Morgan fingerprint density at radius 2 is 0.843 bits per heavy atom. The molecule has 4 saturated carbocycles. The zero-order valence-corrected chi connectivity index (χ0v) is 71.7. The normalized spacial score (nSPS) is 35.6. The molecule has 6 aromatic rings. The van der Waals surface area contributed by atoms with Crippen molar-refractivity contribution in [1.29, 1.82) is 0 Å². The Morgan fingerprint density at radius 1 is 0.421 bits per heavy atom. The molecule has 0 N–H and O–H groups in total. The first kappa shape index (κ1) is 88.5. The van der Waals surface area contributed by atoms with Gasteiger partial charge in [0.1, 0.15) is 42.6 Å². The van der Waals surface area contributed by atoms with Crippen molar-refractivity contribution in [3.05, 3.63) is 215 Å². The molecule has 22 heteroatoms. The molecule has 4 aliphatic heterocycles. The largest absolute Gasteiger partial charge is 0.459 e. The Kier molecular flexibility index (Phi) is 28.5. The zero-order chi connectivity index (χ0) is 85.6. The second-order valence-electron chi connectivity index (χ2n) is 36.2. The van der Waals surface area contributed by atoms with Crippen molar-refractivity contribution in [3.63, 3.8) is 0 Å². The maximum absolute atomic E-state index is 14.8. The van der Waals surface area contributed by atoms with E-state index in [1.165, 1.54) is 0 Å². The summed E-state index contributed by atoms with van der Waals surface area (Å²) in [6.07, 6.45) is -8.87. The van der Waals surface area contributed by atoms with E-state index in [2.05, 4.69) is 41.5 Å². The van der Waals surface area contributed by atoms with E-state index in [0.717, 1.165) is 38.5 Å². The number of Topliss-reactive ketones (excluding diaryl/α,β-unsaturated/α-hetero) is 2. The molecule has 0 aromatic heterocycles. The van der Waals surface area contributed by atoms with Crippen LogP contribution in [0.3, 0.4) is 0 Å². The molecule has 0 radical (unpaired) electrons. The van der Waals surface area contributed by atoms with Gasteiger partial charge in [0, 0.05) is 48.3 Å². The Labute approximate surface area is 711 Å². The molecule has 4 saturated heterocycles. The molecule has 16 unspecified atom stereocenters. The fraction of sp³-hybridized carbons (Fsp3) is 0.556. The van der Waals surface area contributed by atoms with Crippen LogP contribution in [0.25, 0.3) is 0 Å². The molecule has 0 bridgehead atoms. The van der Waals surface area contributed by atoms with Gasteiger partial charge in [-0.25, -0.2) is 28.8 Å². The van der Waals surface area contributed by atoms with E-state index in [9.17, 15) is 38.4 Å². The number of fused-ring (bicyclic) bond motifs is 5. The third-order valence-electron chi connectivity index (χ3n) is 28.8. The molecule has 4 heterocycles. The van der Waals surface area contributed by atoms with Gasteiger partial charge in [-0.15, -0.1) is 0 Å². The summed E-state index contributed by atoms with van der Waals surface area (Å²) in [7, 11) is 0. The average Bonchev–Trinajstić information content (AvgIpc) is 1.61. The number of benzene rings is 6. The van der Waals surface area contributed by atoms with E-state index in [4.69, 9.17) is 66.3 Å².